The minimum atomic E-state index is -0.0560. The summed E-state index contributed by atoms with van der Waals surface area (Å²) in [6.45, 7) is 10.5. The molecule has 6 heteroatoms. The monoisotopic (exact) mass is 330 g/mol. The molecular weight excluding hydrogens is 304 g/mol. The number of pyridine rings is 1. The summed E-state index contributed by atoms with van der Waals surface area (Å²) in [5, 5.41) is 8.30. The van der Waals surface area contributed by atoms with Crippen molar-refractivity contribution in [3.05, 3.63) is 23.5 Å². The minimum absolute atomic E-state index is 0.0560. The van der Waals surface area contributed by atoms with Crippen LogP contribution in [0.15, 0.2) is 12.3 Å². The Kier molecular flexibility index (Phi) is 4.85. The lowest BCUT2D eigenvalue weighted by Crippen LogP contribution is -2.29. The van der Waals surface area contributed by atoms with Crippen molar-refractivity contribution in [2.75, 3.05) is 19.8 Å². The van der Waals surface area contributed by atoms with Gasteiger partial charge < -0.3 is 10.1 Å². The lowest BCUT2D eigenvalue weighted by molar-refractivity contribution is 0.0946. The topological polar surface area (TPSA) is 69.0 Å². The maximum absolute atomic E-state index is 12.8. The van der Waals surface area contributed by atoms with Crippen LogP contribution in [-0.4, -0.2) is 40.4 Å². The molecule has 1 atom stereocenters. The molecule has 1 amide bonds. The lowest BCUT2D eigenvalue weighted by atomic mass is 10.0. The van der Waals surface area contributed by atoms with Crippen LogP contribution in [0.1, 0.15) is 62.1 Å². The number of carbonyl (C=O) groups excluding carboxylic acids is 1. The molecule has 0 radical (unpaired) electrons. The second-order valence-electron chi connectivity index (χ2n) is 7.11. The van der Waals surface area contributed by atoms with Crippen molar-refractivity contribution in [2.45, 2.75) is 46.1 Å². The third-order valence-corrected chi connectivity index (χ3v) is 4.49. The highest BCUT2D eigenvalue weighted by Crippen LogP contribution is 2.24. The fraction of sp³-hybridized carbons (Fsp3) is 0.611. The molecule has 0 spiro atoms. The SMILES string of the molecule is CC(C)c1cc(C(=O)NC[C@H]2CCOC2)c2cnn(C(C)C)c2n1. The van der Waals surface area contributed by atoms with Crippen molar-refractivity contribution in [3.8, 4) is 0 Å². The summed E-state index contributed by atoms with van der Waals surface area (Å²) >= 11 is 0. The van der Waals surface area contributed by atoms with Gasteiger partial charge in [-0.1, -0.05) is 13.8 Å². The van der Waals surface area contributed by atoms with E-state index in [9.17, 15) is 4.79 Å². The Morgan fingerprint density at radius 2 is 2.21 bits per heavy atom. The molecule has 2 aromatic rings. The van der Waals surface area contributed by atoms with Crippen LogP contribution in [0.4, 0.5) is 0 Å². The highest BCUT2D eigenvalue weighted by atomic mass is 16.5. The van der Waals surface area contributed by atoms with Crippen LogP contribution in [-0.2, 0) is 4.74 Å². The number of nitrogens with one attached hydrogen (secondary N) is 1. The van der Waals surface area contributed by atoms with Crippen LogP contribution in [0, 0.1) is 5.92 Å². The molecule has 0 unspecified atom stereocenters. The van der Waals surface area contributed by atoms with Crippen LogP contribution >= 0.6 is 0 Å². The summed E-state index contributed by atoms with van der Waals surface area (Å²) in [6.07, 6.45) is 2.76. The van der Waals surface area contributed by atoms with Gasteiger partial charge in [-0.2, -0.15) is 5.10 Å². The predicted molar refractivity (Wildman–Crippen MR) is 93.3 cm³/mol. The van der Waals surface area contributed by atoms with Crippen LogP contribution in [0.3, 0.4) is 0 Å². The first kappa shape index (κ1) is 16.9. The van der Waals surface area contributed by atoms with E-state index in [2.05, 4.69) is 38.1 Å². The van der Waals surface area contributed by atoms with E-state index in [1.807, 2.05) is 10.7 Å². The number of amides is 1. The highest BCUT2D eigenvalue weighted by molar-refractivity contribution is 6.05. The van der Waals surface area contributed by atoms with Gasteiger partial charge in [0.1, 0.15) is 0 Å². The van der Waals surface area contributed by atoms with Crippen LogP contribution in [0.2, 0.25) is 0 Å². The van der Waals surface area contributed by atoms with Crippen LogP contribution < -0.4 is 5.32 Å². The van der Waals surface area contributed by atoms with E-state index in [4.69, 9.17) is 9.72 Å². The summed E-state index contributed by atoms with van der Waals surface area (Å²) in [4.78, 5) is 17.5. The van der Waals surface area contributed by atoms with E-state index in [1.54, 1.807) is 6.20 Å². The molecule has 130 valence electrons. The van der Waals surface area contributed by atoms with Crippen LogP contribution in [0.5, 0.6) is 0 Å². The largest absolute Gasteiger partial charge is 0.381 e. The van der Waals surface area contributed by atoms with Crippen LogP contribution in [0.25, 0.3) is 11.0 Å². The molecule has 1 saturated heterocycles. The van der Waals surface area contributed by atoms with Gasteiger partial charge in [0.05, 0.1) is 23.8 Å². The van der Waals surface area contributed by atoms with Gasteiger partial charge in [0.15, 0.2) is 5.65 Å². The Morgan fingerprint density at radius 3 is 2.83 bits per heavy atom. The summed E-state index contributed by atoms with van der Waals surface area (Å²) in [7, 11) is 0. The van der Waals surface area contributed by atoms with Gasteiger partial charge in [-0.15, -0.1) is 0 Å². The molecule has 1 aliphatic rings. The molecule has 3 rings (SSSR count). The first-order valence-electron chi connectivity index (χ1n) is 8.71. The molecular formula is C18H26N4O2. The molecule has 0 aliphatic carbocycles. The van der Waals surface area contributed by atoms with Crippen molar-refractivity contribution in [3.63, 3.8) is 0 Å². The Balaban J connectivity index is 1.94. The number of nitrogens with zero attached hydrogens (tertiary/aromatic N) is 3. The molecule has 6 nitrogen and oxygen atoms in total. The summed E-state index contributed by atoms with van der Waals surface area (Å²) in [6, 6.07) is 2.10. The van der Waals surface area contributed by atoms with Crippen molar-refractivity contribution in [1.29, 1.82) is 0 Å². The van der Waals surface area contributed by atoms with Crippen molar-refractivity contribution in [1.82, 2.24) is 20.1 Å². The van der Waals surface area contributed by atoms with E-state index < -0.39 is 0 Å². The number of aromatic nitrogens is 3. The first-order valence-corrected chi connectivity index (χ1v) is 8.71. The molecule has 2 aromatic heterocycles. The lowest BCUT2D eigenvalue weighted by Gasteiger charge is -2.13. The Labute approximate surface area is 142 Å². The van der Waals surface area contributed by atoms with Gasteiger partial charge in [0, 0.05) is 30.8 Å². The maximum Gasteiger partial charge on any atom is 0.252 e. The standard InChI is InChI=1S/C18H26N4O2/c1-11(2)16-7-14(18(23)19-8-13-5-6-24-10-13)15-9-20-22(12(3)4)17(15)21-16/h7,9,11-13H,5-6,8,10H2,1-4H3,(H,19,23)/t13-/m1/s1. The molecule has 0 saturated carbocycles. The third-order valence-electron chi connectivity index (χ3n) is 4.49. The van der Waals surface area contributed by atoms with E-state index in [0.29, 0.717) is 18.0 Å². The van der Waals surface area contributed by atoms with Gasteiger partial charge >= 0.3 is 0 Å². The molecule has 0 aromatic carbocycles. The van der Waals surface area contributed by atoms with Gasteiger partial charge in [-0.3, -0.25) is 4.79 Å². The zero-order chi connectivity index (χ0) is 17.3. The van der Waals surface area contributed by atoms with E-state index in [0.717, 1.165) is 36.4 Å². The zero-order valence-corrected chi connectivity index (χ0v) is 14.9. The third kappa shape index (κ3) is 3.29. The Morgan fingerprint density at radius 1 is 1.42 bits per heavy atom. The quantitative estimate of drug-likeness (QED) is 0.915. The Hall–Kier alpha value is -1.95. The van der Waals surface area contributed by atoms with E-state index in [-0.39, 0.29) is 17.9 Å². The van der Waals surface area contributed by atoms with Gasteiger partial charge in [-0.25, -0.2) is 9.67 Å². The number of hydrogen-bond donors (Lipinski definition) is 1. The number of rotatable bonds is 5. The molecule has 24 heavy (non-hydrogen) atoms. The van der Waals surface area contributed by atoms with Crippen molar-refractivity contribution < 1.29 is 9.53 Å². The van der Waals surface area contributed by atoms with E-state index in [1.165, 1.54) is 0 Å². The predicted octanol–water partition coefficient (Wildman–Crippen LogP) is 2.90. The second kappa shape index (κ2) is 6.89. The van der Waals surface area contributed by atoms with Gasteiger partial charge in [0.25, 0.3) is 5.91 Å². The van der Waals surface area contributed by atoms with Gasteiger partial charge in [-0.05, 0) is 32.3 Å². The summed E-state index contributed by atoms with van der Waals surface area (Å²) in [5.74, 6) is 0.605. The minimum Gasteiger partial charge on any atom is -0.381 e. The molecule has 1 fully saturated rings. The van der Waals surface area contributed by atoms with Gasteiger partial charge in [0.2, 0.25) is 0 Å². The second-order valence-corrected chi connectivity index (χ2v) is 7.11. The molecule has 3 heterocycles. The fourth-order valence-corrected chi connectivity index (χ4v) is 2.98. The van der Waals surface area contributed by atoms with Crippen molar-refractivity contribution in [2.24, 2.45) is 5.92 Å². The first-order chi connectivity index (χ1) is 11.5. The summed E-state index contributed by atoms with van der Waals surface area (Å²) in [5.41, 5.74) is 2.36. The average molecular weight is 330 g/mol. The van der Waals surface area contributed by atoms with E-state index >= 15 is 0 Å². The molecule has 0 bridgehead atoms. The number of hydrogen-bond acceptors (Lipinski definition) is 4. The highest BCUT2D eigenvalue weighted by Gasteiger charge is 2.21. The number of fused-ring (bicyclic) bond motifs is 1. The normalized spacial score (nSPS) is 18.0. The fourth-order valence-electron chi connectivity index (χ4n) is 2.98. The molecule has 1 aliphatic heterocycles. The Bertz CT molecular complexity index is 730. The zero-order valence-electron chi connectivity index (χ0n) is 14.9. The summed E-state index contributed by atoms with van der Waals surface area (Å²) < 4.78 is 7.25. The number of ether oxygens (including phenoxy) is 1. The molecule has 1 N–H and O–H groups in total. The number of carbonyl (C=O) groups is 1. The van der Waals surface area contributed by atoms with Crippen molar-refractivity contribution >= 4 is 16.9 Å². The smallest absolute Gasteiger partial charge is 0.252 e. The average Bonchev–Trinajstić information content (AvgIpc) is 3.20. The maximum atomic E-state index is 12.8.